The summed E-state index contributed by atoms with van der Waals surface area (Å²) in [7, 11) is 1.30. The van der Waals surface area contributed by atoms with Gasteiger partial charge in [0, 0.05) is 17.8 Å². The van der Waals surface area contributed by atoms with Gasteiger partial charge in [0.05, 0.1) is 24.1 Å². The maximum Gasteiger partial charge on any atom is 0.339 e. The molecule has 0 aliphatic rings. The second-order valence-corrected chi connectivity index (χ2v) is 5.69. The van der Waals surface area contributed by atoms with E-state index < -0.39 is 5.97 Å². The lowest BCUT2D eigenvalue weighted by Gasteiger charge is -2.03. The minimum atomic E-state index is -0.474. The molecule has 0 amide bonds. The molecule has 2 aromatic heterocycles. The van der Waals surface area contributed by atoms with Crippen molar-refractivity contribution in [2.75, 3.05) is 12.9 Å². The van der Waals surface area contributed by atoms with Crippen LogP contribution in [0.3, 0.4) is 0 Å². The lowest BCUT2D eigenvalue weighted by molar-refractivity contribution is -0.645. The quantitative estimate of drug-likeness (QED) is 0.299. The molecule has 6 nitrogen and oxygen atoms in total. The Balaban J connectivity index is 2.17. The number of hydrogen-bond donors (Lipinski definition) is 1. The highest BCUT2D eigenvalue weighted by Crippen LogP contribution is 2.22. The predicted octanol–water partition coefficient (Wildman–Crippen LogP) is 2.03. The van der Waals surface area contributed by atoms with Crippen LogP contribution in [0.1, 0.15) is 32.1 Å². The fraction of sp³-hybridized carbons (Fsp3) is 0.267. The first-order valence-corrected chi connectivity index (χ1v) is 7.56. The Morgan fingerprint density at radius 2 is 2.09 bits per heavy atom. The van der Waals surface area contributed by atoms with Gasteiger partial charge >= 0.3 is 5.97 Å². The summed E-state index contributed by atoms with van der Waals surface area (Å²) in [4.78, 5) is 27.0. The number of pyridine rings is 1. The van der Waals surface area contributed by atoms with Gasteiger partial charge in [-0.2, -0.15) is 4.73 Å². The molecule has 0 aliphatic carbocycles. The summed E-state index contributed by atoms with van der Waals surface area (Å²) in [5.41, 5.74) is 1.92. The molecule has 0 atom stereocenters. The number of ether oxygens (including phenoxy) is 1. The fourth-order valence-corrected chi connectivity index (χ4v) is 2.96. The molecule has 1 N–H and O–H groups in total. The number of carbonyl (C=O) groups excluding carboxylic acids is 2. The number of aromatic nitrogens is 2. The van der Waals surface area contributed by atoms with Gasteiger partial charge in [-0.3, -0.25) is 4.79 Å². The van der Waals surface area contributed by atoms with E-state index in [1.54, 1.807) is 32.0 Å². The minimum Gasteiger partial charge on any atom is -0.618 e. The van der Waals surface area contributed by atoms with Crippen LogP contribution in [0.5, 0.6) is 0 Å². The van der Waals surface area contributed by atoms with E-state index in [1.165, 1.54) is 13.3 Å². The molecular weight excluding hydrogens is 304 g/mol. The monoisotopic (exact) mass is 320 g/mol. The summed E-state index contributed by atoms with van der Waals surface area (Å²) in [5, 5.41) is 12.0. The predicted molar refractivity (Wildman–Crippen MR) is 82.1 cm³/mol. The van der Waals surface area contributed by atoms with Gasteiger partial charge in [-0.15, -0.1) is 0 Å². The highest BCUT2D eigenvalue weighted by atomic mass is 32.2. The molecule has 0 fully saturated rings. The van der Waals surface area contributed by atoms with Crippen LogP contribution in [0.4, 0.5) is 0 Å². The number of Topliss-reactive ketones (excluding diaryl/α,β-unsaturated/α-hetero) is 1. The molecule has 0 unspecified atom stereocenters. The number of thioether (sulfide) groups is 1. The number of hydrogen-bond acceptors (Lipinski definition) is 5. The van der Waals surface area contributed by atoms with E-state index >= 15 is 0 Å². The molecule has 2 rings (SSSR count). The number of aryl methyl sites for hydroxylation is 1. The van der Waals surface area contributed by atoms with Crippen molar-refractivity contribution in [2.45, 2.75) is 18.9 Å². The Bertz CT molecular complexity index is 724. The molecule has 2 heterocycles. The van der Waals surface area contributed by atoms with Crippen LogP contribution in [0.25, 0.3) is 0 Å². The van der Waals surface area contributed by atoms with Gasteiger partial charge < -0.3 is 14.9 Å². The molecule has 0 bridgehead atoms. The number of carbonyl (C=O) groups is 2. The third-order valence-electron chi connectivity index (χ3n) is 3.25. The molecule has 22 heavy (non-hydrogen) atoms. The van der Waals surface area contributed by atoms with Crippen molar-refractivity contribution in [1.29, 1.82) is 0 Å². The van der Waals surface area contributed by atoms with Crippen LogP contribution in [-0.4, -0.2) is 29.6 Å². The third-order valence-corrected chi connectivity index (χ3v) is 4.26. The van der Waals surface area contributed by atoms with E-state index in [0.29, 0.717) is 32.3 Å². The summed E-state index contributed by atoms with van der Waals surface area (Å²) in [5.74, 6) is -0.545. The smallest absolute Gasteiger partial charge is 0.339 e. The zero-order valence-electron chi connectivity index (χ0n) is 12.5. The third kappa shape index (κ3) is 3.14. The molecule has 2 aromatic rings. The molecule has 0 spiro atoms. The summed E-state index contributed by atoms with van der Waals surface area (Å²) >= 11 is 1.15. The highest BCUT2D eigenvalue weighted by molar-refractivity contribution is 7.99. The van der Waals surface area contributed by atoms with Crippen molar-refractivity contribution < 1.29 is 19.1 Å². The average Bonchev–Trinajstić information content (AvgIpc) is 2.80. The SMILES string of the molecule is COC(=O)c1c(C)[nH]c(C(=O)CSc2cccc[n+]2[O-])c1C. The van der Waals surface area contributed by atoms with E-state index in [-0.39, 0.29) is 11.5 Å². The number of H-pyrrole nitrogens is 1. The number of nitrogens with one attached hydrogen (secondary N) is 1. The highest BCUT2D eigenvalue weighted by Gasteiger charge is 2.22. The van der Waals surface area contributed by atoms with E-state index in [4.69, 9.17) is 4.74 Å². The average molecular weight is 320 g/mol. The number of rotatable bonds is 5. The summed E-state index contributed by atoms with van der Waals surface area (Å²) in [6.07, 6.45) is 1.38. The first kappa shape index (κ1) is 16.1. The molecular formula is C15H16N2O4S. The first-order valence-electron chi connectivity index (χ1n) is 6.57. The Morgan fingerprint density at radius 3 is 2.73 bits per heavy atom. The van der Waals surface area contributed by atoms with Crippen molar-refractivity contribution in [2.24, 2.45) is 0 Å². The lowest BCUT2D eigenvalue weighted by atomic mass is 10.1. The second kappa shape index (κ2) is 6.65. The van der Waals surface area contributed by atoms with Gasteiger partial charge in [-0.25, -0.2) is 4.79 Å². The Labute approximate surface area is 132 Å². The molecule has 0 radical (unpaired) electrons. The standard InChI is InChI=1S/C15H16N2O4S/c1-9-13(15(19)21-3)10(2)16-14(9)11(18)8-22-12-6-4-5-7-17(12)20/h4-7,16H,8H2,1-3H3. The van der Waals surface area contributed by atoms with E-state index in [0.717, 1.165) is 11.8 Å². The van der Waals surface area contributed by atoms with E-state index in [2.05, 4.69) is 4.98 Å². The van der Waals surface area contributed by atoms with Crippen LogP contribution < -0.4 is 4.73 Å². The van der Waals surface area contributed by atoms with Crippen molar-refractivity contribution in [1.82, 2.24) is 4.98 Å². The van der Waals surface area contributed by atoms with Gasteiger partial charge in [-0.1, -0.05) is 0 Å². The number of ketones is 1. The molecule has 0 aliphatic heterocycles. The Hall–Kier alpha value is -2.28. The van der Waals surface area contributed by atoms with Crippen LogP contribution in [0.15, 0.2) is 29.4 Å². The lowest BCUT2D eigenvalue weighted by Crippen LogP contribution is -2.28. The largest absolute Gasteiger partial charge is 0.618 e. The zero-order valence-corrected chi connectivity index (χ0v) is 13.3. The number of nitrogens with zero attached hydrogens (tertiary/aromatic N) is 1. The number of methoxy groups -OCH3 is 1. The molecule has 0 aromatic carbocycles. The van der Waals surface area contributed by atoms with Crippen LogP contribution in [0.2, 0.25) is 0 Å². The van der Waals surface area contributed by atoms with Crippen molar-refractivity contribution in [3.05, 3.63) is 52.1 Å². The van der Waals surface area contributed by atoms with Crippen molar-refractivity contribution in [3.63, 3.8) is 0 Å². The van der Waals surface area contributed by atoms with Crippen LogP contribution in [-0.2, 0) is 4.74 Å². The minimum absolute atomic E-state index is 0.105. The van der Waals surface area contributed by atoms with Gasteiger partial charge in [0.2, 0.25) is 0 Å². The van der Waals surface area contributed by atoms with Crippen molar-refractivity contribution in [3.8, 4) is 0 Å². The molecule has 116 valence electrons. The molecule has 0 saturated carbocycles. The summed E-state index contributed by atoms with van der Waals surface area (Å²) in [6, 6.07) is 5.01. The van der Waals surface area contributed by atoms with Crippen molar-refractivity contribution >= 4 is 23.5 Å². The normalized spacial score (nSPS) is 10.5. The summed E-state index contributed by atoms with van der Waals surface area (Å²) in [6.45, 7) is 3.41. The van der Waals surface area contributed by atoms with E-state index in [9.17, 15) is 14.8 Å². The van der Waals surface area contributed by atoms with Gasteiger partial charge in [0.1, 0.15) is 0 Å². The maximum absolute atomic E-state index is 12.3. The zero-order chi connectivity index (χ0) is 16.3. The topological polar surface area (TPSA) is 86.1 Å². The van der Waals surface area contributed by atoms with Crippen LogP contribution in [0, 0.1) is 19.1 Å². The number of esters is 1. The summed E-state index contributed by atoms with van der Waals surface area (Å²) < 4.78 is 5.43. The van der Waals surface area contributed by atoms with Gasteiger partial charge in [0.25, 0.3) is 5.03 Å². The Kier molecular flexibility index (Phi) is 4.87. The Morgan fingerprint density at radius 1 is 1.36 bits per heavy atom. The van der Waals surface area contributed by atoms with Gasteiger partial charge in [-0.05, 0) is 37.2 Å². The number of aromatic amines is 1. The fourth-order valence-electron chi connectivity index (χ4n) is 2.17. The van der Waals surface area contributed by atoms with Crippen LogP contribution >= 0.6 is 11.8 Å². The maximum atomic E-state index is 12.3. The van der Waals surface area contributed by atoms with E-state index in [1.807, 2.05) is 0 Å². The van der Waals surface area contributed by atoms with Gasteiger partial charge in [0.15, 0.2) is 12.0 Å². The second-order valence-electron chi connectivity index (χ2n) is 4.69. The molecule has 7 heteroatoms. The first-order chi connectivity index (χ1) is 10.5. The molecule has 0 saturated heterocycles.